The van der Waals surface area contributed by atoms with Gasteiger partial charge in [-0.3, -0.25) is 0 Å². The summed E-state index contributed by atoms with van der Waals surface area (Å²) in [5.74, 6) is 0. The predicted molar refractivity (Wildman–Crippen MR) is 111 cm³/mol. The molecule has 0 aliphatic carbocycles. The van der Waals surface area contributed by atoms with Crippen LogP contribution in [0.1, 0.15) is 33.9 Å². The molecule has 6 heteroatoms. The molecule has 0 saturated carbocycles. The molecule has 0 amide bonds. The van der Waals surface area contributed by atoms with Crippen LogP contribution in [0, 0.1) is 27.7 Å². The normalized spacial score (nSPS) is 17.6. The number of sulfonamides is 1. The van der Waals surface area contributed by atoms with E-state index in [-0.39, 0.29) is 0 Å². The first-order valence-corrected chi connectivity index (χ1v) is 11.3. The van der Waals surface area contributed by atoms with E-state index in [9.17, 15) is 13.5 Å². The Hall–Kier alpha value is -1.73. The molecular weight excluding hydrogens is 372 g/mol. The van der Waals surface area contributed by atoms with Crippen molar-refractivity contribution < 1.29 is 18.4 Å². The van der Waals surface area contributed by atoms with Gasteiger partial charge >= 0.3 is 0 Å². The van der Waals surface area contributed by atoms with Crippen LogP contribution in [0.5, 0.6) is 0 Å². The Morgan fingerprint density at radius 2 is 1.54 bits per heavy atom. The van der Waals surface area contributed by atoms with Crippen molar-refractivity contribution in [2.45, 2.75) is 38.7 Å². The van der Waals surface area contributed by atoms with Gasteiger partial charge in [0.1, 0.15) is 12.6 Å². The number of rotatable bonds is 5. The number of aliphatic hydroxyl groups excluding tert-OH is 1. The average Bonchev–Trinajstić information content (AvgIpc) is 2.67. The molecule has 0 aromatic heterocycles. The van der Waals surface area contributed by atoms with E-state index in [1.807, 2.05) is 58.0 Å². The van der Waals surface area contributed by atoms with Crippen LogP contribution in [0.25, 0.3) is 0 Å². The summed E-state index contributed by atoms with van der Waals surface area (Å²) >= 11 is 0. The Bertz CT molecular complexity index is 908. The quantitative estimate of drug-likeness (QED) is 0.796. The molecule has 1 aliphatic rings. The van der Waals surface area contributed by atoms with Gasteiger partial charge < -0.3 is 10.0 Å². The maximum absolute atomic E-state index is 13.4. The third kappa shape index (κ3) is 4.15. The van der Waals surface area contributed by atoms with Crippen LogP contribution in [-0.4, -0.2) is 50.6 Å². The minimum absolute atomic E-state index is 0.470. The van der Waals surface area contributed by atoms with Crippen molar-refractivity contribution in [2.24, 2.45) is 0 Å². The molecule has 152 valence electrons. The van der Waals surface area contributed by atoms with Gasteiger partial charge in [-0.15, -0.1) is 0 Å². The number of quaternary nitrogens is 1. The maximum atomic E-state index is 13.4. The Labute approximate surface area is 168 Å². The Kier molecular flexibility index (Phi) is 6.25. The third-order valence-corrected chi connectivity index (χ3v) is 8.16. The standard InChI is InChI=1S/C22H30N2O3S/c1-16-14-17(2)19(4)22(18(16)3)28(26,27)24-12-10-23(11-13-24)15-21(25)20-8-6-5-7-9-20/h5-9,14,21,25H,10-13,15H2,1-4H3/p+1/t21-/m1/s1. The molecule has 0 spiro atoms. The zero-order chi connectivity index (χ0) is 20.5. The second kappa shape index (κ2) is 8.33. The van der Waals surface area contributed by atoms with Gasteiger partial charge in [0, 0.05) is 0 Å². The Morgan fingerprint density at radius 3 is 2.07 bits per heavy atom. The van der Waals surface area contributed by atoms with Gasteiger partial charge in [0.25, 0.3) is 0 Å². The number of hydrogen-bond acceptors (Lipinski definition) is 3. The van der Waals surface area contributed by atoms with Gasteiger partial charge in [-0.1, -0.05) is 36.4 Å². The van der Waals surface area contributed by atoms with Gasteiger partial charge in [-0.25, -0.2) is 8.42 Å². The molecule has 1 fully saturated rings. The minimum Gasteiger partial charge on any atom is -0.382 e. The van der Waals surface area contributed by atoms with E-state index in [0.29, 0.717) is 37.6 Å². The monoisotopic (exact) mass is 403 g/mol. The summed E-state index contributed by atoms with van der Waals surface area (Å²) < 4.78 is 28.3. The average molecular weight is 404 g/mol. The van der Waals surface area contributed by atoms with Crippen LogP contribution < -0.4 is 4.90 Å². The lowest BCUT2D eigenvalue weighted by Crippen LogP contribution is -3.15. The number of nitrogens with zero attached hydrogens (tertiary/aromatic N) is 1. The molecule has 0 unspecified atom stereocenters. The molecule has 0 radical (unpaired) electrons. The first kappa shape index (κ1) is 21.0. The van der Waals surface area contributed by atoms with Crippen molar-refractivity contribution in [3.63, 3.8) is 0 Å². The summed E-state index contributed by atoms with van der Waals surface area (Å²) in [4.78, 5) is 1.70. The summed E-state index contributed by atoms with van der Waals surface area (Å²) in [7, 11) is -3.51. The highest BCUT2D eigenvalue weighted by atomic mass is 32.2. The van der Waals surface area contributed by atoms with Crippen LogP contribution in [0.2, 0.25) is 0 Å². The van der Waals surface area contributed by atoms with E-state index in [0.717, 1.165) is 27.8 Å². The number of nitrogens with one attached hydrogen (secondary N) is 1. The lowest BCUT2D eigenvalue weighted by Gasteiger charge is -2.33. The van der Waals surface area contributed by atoms with Crippen molar-refractivity contribution in [2.75, 3.05) is 32.7 Å². The molecule has 2 N–H and O–H groups in total. The second-order valence-electron chi connectivity index (χ2n) is 7.87. The Balaban J connectivity index is 1.71. The van der Waals surface area contributed by atoms with Crippen molar-refractivity contribution in [1.29, 1.82) is 0 Å². The van der Waals surface area contributed by atoms with Gasteiger partial charge in [-0.05, 0) is 55.5 Å². The van der Waals surface area contributed by atoms with E-state index in [2.05, 4.69) is 6.07 Å². The van der Waals surface area contributed by atoms with Gasteiger partial charge in [0.2, 0.25) is 10.0 Å². The van der Waals surface area contributed by atoms with Crippen LogP contribution in [-0.2, 0) is 10.0 Å². The van der Waals surface area contributed by atoms with E-state index in [1.54, 1.807) is 4.31 Å². The number of piperazine rings is 1. The minimum atomic E-state index is -3.51. The van der Waals surface area contributed by atoms with Crippen LogP contribution >= 0.6 is 0 Å². The van der Waals surface area contributed by atoms with Gasteiger partial charge in [0.05, 0.1) is 31.1 Å². The van der Waals surface area contributed by atoms with Crippen LogP contribution in [0.15, 0.2) is 41.3 Å². The van der Waals surface area contributed by atoms with E-state index < -0.39 is 16.1 Å². The van der Waals surface area contributed by atoms with E-state index in [1.165, 1.54) is 4.90 Å². The molecule has 3 rings (SSSR count). The zero-order valence-corrected chi connectivity index (χ0v) is 18.0. The van der Waals surface area contributed by atoms with Gasteiger partial charge in [-0.2, -0.15) is 4.31 Å². The largest absolute Gasteiger partial charge is 0.382 e. The highest BCUT2D eigenvalue weighted by Crippen LogP contribution is 2.28. The molecule has 1 aliphatic heterocycles. The summed E-state index contributed by atoms with van der Waals surface area (Å²) in [6, 6.07) is 11.7. The molecule has 5 nitrogen and oxygen atoms in total. The fourth-order valence-corrected chi connectivity index (χ4v) is 6.03. The smallest absolute Gasteiger partial charge is 0.244 e. The maximum Gasteiger partial charge on any atom is 0.244 e. The molecule has 28 heavy (non-hydrogen) atoms. The first-order chi connectivity index (χ1) is 13.2. The SMILES string of the molecule is Cc1cc(C)c(C)c(S(=O)(=O)N2CC[NH+](C[C@@H](O)c3ccccc3)CC2)c1C. The lowest BCUT2D eigenvalue weighted by molar-refractivity contribution is -0.907. The van der Waals surface area contributed by atoms with Crippen LogP contribution in [0.3, 0.4) is 0 Å². The number of aliphatic hydroxyl groups is 1. The first-order valence-electron chi connectivity index (χ1n) is 9.86. The molecule has 1 saturated heterocycles. The fraction of sp³-hybridized carbons (Fsp3) is 0.455. The number of hydrogen-bond donors (Lipinski definition) is 2. The van der Waals surface area contributed by atoms with Crippen molar-refractivity contribution in [1.82, 2.24) is 4.31 Å². The molecule has 0 bridgehead atoms. The molecular formula is C22H31N2O3S+. The summed E-state index contributed by atoms with van der Waals surface area (Å²) in [6.07, 6.45) is -0.525. The predicted octanol–water partition coefficient (Wildman–Crippen LogP) is 1.54. The van der Waals surface area contributed by atoms with Crippen molar-refractivity contribution in [3.8, 4) is 0 Å². The molecule has 2 aromatic rings. The van der Waals surface area contributed by atoms with E-state index >= 15 is 0 Å². The zero-order valence-electron chi connectivity index (χ0n) is 17.2. The highest BCUT2D eigenvalue weighted by molar-refractivity contribution is 7.89. The van der Waals surface area contributed by atoms with Crippen molar-refractivity contribution >= 4 is 10.0 Å². The third-order valence-electron chi connectivity index (χ3n) is 5.99. The highest BCUT2D eigenvalue weighted by Gasteiger charge is 2.33. The summed E-state index contributed by atoms with van der Waals surface area (Å²) in [5.41, 5.74) is 4.62. The molecule has 1 heterocycles. The lowest BCUT2D eigenvalue weighted by atomic mass is 10.0. The summed E-state index contributed by atoms with van der Waals surface area (Å²) in [6.45, 7) is 10.7. The van der Waals surface area contributed by atoms with E-state index in [4.69, 9.17) is 0 Å². The second-order valence-corrected chi connectivity index (χ2v) is 9.75. The topological polar surface area (TPSA) is 62.0 Å². The molecule has 1 atom stereocenters. The Morgan fingerprint density at radius 1 is 1.00 bits per heavy atom. The van der Waals surface area contributed by atoms with Gasteiger partial charge in [0.15, 0.2) is 0 Å². The fourth-order valence-electron chi connectivity index (χ4n) is 4.01. The van der Waals surface area contributed by atoms with Crippen molar-refractivity contribution in [3.05, 3.63) is 64.2 Å². The summed E-state index contributed by atoms with van der Waals surface area (Å²) in [5, 5.41) is 10.5. The van der Waals surface area contributed by atoms with Crippen LogP contribution in [0.4, 0.5) is 0 Å². The number of aryl methyl sites for hydroxylation is 2. The number of benzene rings is 2. The molecule has 2 aromatic carbocycles.